The molecule has 0 bridgehead atoms. The molecule has 0 aliphatic carbocycles. The molecule has 0 aliphatic heterocycles. The predicted molar refractivity (Wildman–Crippen MR) is 52.4 cm³/mol. The van der Waals surface area contributed by atoms with Crippen molar-refractivity contribution in [3.8, 4) is 0 Å². The van der Waals surface area contributed by atoms with Gasteiger partial charge in [0.15, 0.2) is 0 Å². The summed E-state index contributed by atoms with van der Waals surface area (Å²) in [6, 6.07) is -0.503. The van der Waals surface area contributed by atoms with E-state index in [4.69, 9.17) is 5.73 Å². The van der Waals surface area contributed by atoms with Crippen LogP contribution in [0, 0.1) is 5.41 Å². The molecule has 0 saturated heterocycles. The van der Waals surface area contributed by atoms with E-state index in [-0.39, 0.29) is 5.41 Å². The van der Waals surface area contributed by atoms with Crippen LogP contribution in [0.15, 0.2) is 0 Å². The Morgan fingerprint density at radius 3 is 2.31 bits per heavy atom. The summed E-state index contributed by atoms with van der Waals surface area (Å²) in [6.07, 6.45) is 4.66. The van der Waals surface area contributed by atoms with Crippen LogP contribution in [0.5, 0.6) is 0 Å². The van der Waals surface area contributed by atoms with Crippen molar-refractivity contribution in [3.63, 3.8) is 0 Å². The molecule has 0 amide bonds. The summed E-state index contributed by atoms with van der Waals surface area (Å²) in [6.45, 7) is 3.99. The number of carbonyl (C=O) groups is 2. The van der Waals surface area contributed by atoms with Crippen LogP contribution in [0.4, 0.5) is 0 Å². The lowest BCUT2D eigenvalue weighted by atomic mass is 9.77. The van der Waals surface area contributed by atoms with Crippen molar-refractivity contribution in [1.29, 1.82) is 0 Å². The molecule has 0 aliphatic rings. The van der Waals surface area contributed by atoms with Crippen LogP contribution < -0.4 is 5.73 Å². The lowest BCUT2D eigenvalue weighted by Gasteiger charge is -2.27. The molecule has 0 aromatic rings. The Kier molecular flexibility index (Phi) is 5.55. The molecule has 13 heavy (non-hydrogen) atoms. The first-order valence-electron chi connectivity index (χ1n) is 4.81. The smallest absolute Gasteiger partial charge is 0.136 e. The standard InChI is InChI=1S/C10H19NO2/c1-3-5-10(4-2,8-13)6-9(11)7-12/h7-9H,3-6,11H2,1-2H3/t9-,10-/m0/s1. The Morgan fingerprint density at radius 1 is 1.38 bits per heavy atom. The summed E-state index contributed by atoms with van der Waals surface area (Å²) >= 11 is 0. The van der Waals surface area contributed by atoms with Crippen LogP contribution in [0.25, 0.3) is 0 Å². The fraction of sp³-hybridized carbons (Fsp3) is 0.800. The van der Waals surface area contributed by atoms with Gasteiger partial charge in [-0.15, -0.1) is 0 Å². The summed E-state index contributed by atoms with van der Waals surface area (Å²) < 4.78 is 0. The first-order valence-corrected chi connectivity index (χ1v) is 4.81. The van der Waals surface area contributed by atoms with Gasteiger partial charge in [0.1, 0.15) is 12.6 Å². The van der Waals surface area contributed by atoms with Gasteiger partial charge in [-0.3, -0.25) is 0 Å². The Bertz CT molecular complexity index is 170. The number of hydrogen-bond acceptors (Lipinski definition) is 3. The minimum absolute atomic E-state index is 0.380. The van der Waals surface area contributed by atoms with Gasteiger partial charge in [-0.2, -0.15) is 0 Å². The summed E-state index contributed by atoms with van der Waals surface area (Å²) in [5, 5.41) is 0. The van der Waals surface area contributed by atoms with Gasteiger partial charge in [0, 0.05) is 5.41 Å². The largest absolute Gasteiger partial charge is 0.322 e. The zero-order valence-electron chi connectivity index (χ0n) is 8.45. The van der Waals surface area contributed by atoms with Gasteiger partial charge in [-0.1, -0.05) is 20.3 Å². The second kappa shape index (κ2) is 5.86. The number of aldehydes is 2. The first-order chi connectivity index (χ1) is 6.14. The van der Waals surface area contributed by atoms with E-state index in [9.17, 15) is 9.59 Å². The minimum Gasteiger partial charge on any atom is -0.322 e. The average Bonchev–Trinajstić information content (AvgIpc) is 2.17. The second-order valence-corrected chi connectivity index (χ2v) is 3.59. The molecular weight excluding hydrogens is 166 g/mol. The summed E-state index contributed by atoms with van der Waals surface area (Å²) in [5.74, 6) is 0. The number of hydrogen-bond donors (Lipinski definition) is 1. The highest BCUT2D eigenvalue weighted by atomic mass is 16.1. The zero-order chi connectivity index (χ0) is 10.3. The molecule has 0 rings (SSSR count). The molecule has 2 N–H and O–H groups in total. The number of carbonyl (C=O) groups excluding carboxylic acids is 2. The molecule has 76 valence electrons. The van der Waals surface area contributed by atoms with Gasteiger partial charge in [0.05, 0.1) is 6.04 Å². The van der Waals surface area contributed by atoms with Gasteiger partial charge >= 0.3 is 0 Å². The predicted octanol–water partition coefficient (Wildman–Crippen LogP) is 1.30. The highest BCUT2D eigenvalue weighted by molar-refractivity contribution is 5.63. The van der Waals surface area contributed by atoms with Gasteiger partial charge in [-0.05, 0) is 19.3 Å². The molecule has 3 heteroatoms. The average molecular weight is 185 g/mol. The third-order valence-electron chi connectivity index (χ3n) is 2.52. The Balaban J connectivity index is 4.36. The van der Waals surface area contributed by atoms with E-state index in [1.54, 1.807) is 0 Å². The van der Waals surface area contributed by atoms with Crippen molar-refractivity contribution >= 4 is 12.6 Å². The van der Waals surface area contributed by atoms with E-state index < -0.39 is 6.04 Å². The fourth-order valence-corrected chi connectivity index (χ4v) is 1.63. The first kappa shape index (κ1) is 12.3. The molecular formula is C10H19NO2. The molecule has 2 atom stereocenters. The zero-order valence-corrected chi connectivity index (χ0v) is 8.45. The molecule has 0 heterocycles. The summed E-state index contributed by atoms with van der Waals surface area (Å²) in [7, 11) is 0. The molecule has 0 spiro atoms. The lowest BCUT2D eigenvalue weighted by Crippen LogP contribution is -2.33. The van der Waals surface area contributed by atoms with E-state index >= 15 is 0 Å². The van der Waals surface area contributed by atoms with E-state index in [1.807, 2.05) is 13.8 Å². The molecule has 3 nitrogen and oxygen atoms in total. The third kappa shape index (κ3) is 3.68. The lowest BCUT2D eigenvalue weighted by molar-refractivity contribution is -0.118. The van der Waals surface area contributed by atoms with Crippen LogP contribution >= 0.6 is 0 Å². The Hall–Kier alpha value is -0.700. The van der Waals surface area contributed by atoms with Crippen molar-refractivity contribution in [3.05, 3.63) is 0 Å². The highest BCUT2D eigenvalue weighted by Crippen LogP contribution is 2.30. The molecule has 0 fully saturated rings. The molecule has 0 aromatic heterocycles. The van der Waals surface area contributed by atoms with Crippen LogP contribution in [-0.2, 0) is 9.59 Å². The Morgan fingerprint density at radius 2 is 2.00 bits per heavy atom. The van der Waals surface area contributed by atoms with Crippen molar-refractivity contribution in [1.82, 2.24) is 0 Å². The molecule has 0 radical (unpaired) electrons. The highest BCUT2D eigenvalue weighted by Gasteiger charge is 2.28. The van der Waals surface area contributed by atoms with Crippen LogP contribution in [0.3, 0.4) is 0 Å². The van der Waals surface area contributed by atoms with E-state index in [0.717, 1.165) is 25.5 Å². The number of rotatable bonds is 7. The van der Waals surface area contributed by atoms with Gasteiger partial charge < -0.3 is 15.3 Å². The van der Waals surface area contributed by atoms with Gasteiger partial charge in [0.2, 0.25) is 0 Å². The van der Waals surface area contributed by atoms with E-state index in [1.165, 1.54) is 0 Å². The van der Waals surface area contributed by atoms with Crippen molar-refractivity contribution in [2.45, 2.75) is 45.6 Å². The third-order valence-corrected chi connectivity index (χ3v) is 2.52. The van der Waals surface area contributed by atoms with Crippen LogP contribution in [-0.4, -0.2) is 18.6 Å². The normalized spacial score (nSPS) is 17.5. The Labute approximate surface area is 79.7 Å². The molecule has 0 unspecified atom stereocenters. The van der Waals surface area contributed by atoms with Gasteiger partial charge in [0.25, 0.3) is 0 Å². The maximum Gasteiger partial charge on any atom is 0.136 e. The van der Waals surface area contributed by atoms with Gasteiger partial charge in [-0.25, -0.2) is 0 Å². The maximum absolute atomic E-state index is 10.9. The monoisotopic (exact) mass is 185 g/mol. The summed E-state index contributed by atoms with van der Waals surface area (Å²) in [4.78, 5) is 21.3. The second-order valence-electron chi connectivity index (χ2n) is 3.59. The van der Waals surface area contributed by atoms with E-state index in [0.29, 0.717) is 12.7 Å². The maximum atomic E-state index is 10.9. The topological polar surface area (TPSA) is 60.2 Å². The number of nitrogens with two attached hydrogens (primary N) is 1. The fourth-order valence-electron chi connectivity index (χ4n) is 1.63. The minimum atomic E-state index is -0.503. The van der Waals surface area contributed by atoms with Crippen molar-refractivity contribution in [2.75, 3.05) is 0 Å². The van der Waals surface area contributed by atoms with Crippen molar-refractivity contribution < 1.29 is 9.59 Å². The van der Waals surface area contributed by atoms with Crippen LogP contribution in [0.1, 0.15) is 39.5 Å². The van der Waals surface area contributed by atoms with Crippen LogP contribution in [0.2, 0.25) is 0 Å². The summed E-state index contributed by atoms with van der Waals surface area (Å²) in [5.41, 5.74) is 5.13. The quantitative estimate of drug-likeness (QED) is 0.608. The van der Waals surface area contributed by atoms with Crippen molar-refractivity contribution in [2.24, 2.45) is 11.1 Å². The molecule has 0 saturated carbocycles. The molecule has 0 aromatic carbocycles. The van der Waals surface area contributed by atoms with E-state index in [2.05, 4.69) is 0 Å². The SMILES string of the molecule is CCC[C@@](C=O)(CC)C[C@H](N)C=O.